The Morgan fingerprint density at radius 2 is 2.46 bits per heavy atom. The van der Waals surface area contributed by atoms with Crippen molar-refractivity contribution in [1.82, 2.24) is 10.2 Å². The lowest BCUT2D eigenvalue weighted by atomic mass is 10.5. The number of nitrogens with one attached hydrogen (secondary N) is 1. The Labute approximate surface area is 76.6 Å². The summed E-state index contributed by atoms with van der Waals surface area (Å²) in [5.74, 6) is 2.31. The molecule has 1 aliphatic heterocycles. The van der Waals surface area contributed by atoms with E-state index in [0.717, 1.165) is 0 Å². The highest BCUT2D eigenvalue weighted by molar-refractivity contribution is 5.88. The van der Waals surface area contributed by atoms with Gasteiger partial charge in [0, 0.05) is 12.4 Å². The third kappa shape index (κ3) is 2.83. The van der Waals surface area contributed by atoms with E-state index in [1.54, 1.807) is 24.6 Å². The van der Waals surface area contributed by atoms with Crippen LogP contribution < -0.4 is 5.32 Å². The minimum Gasteiger partial charge on any atom is -0.326 e. The number of hydrogen-bond acceptors (Lipinski definition) is 2. The van der Waals surface area contributed by atoms with Crippen molar-refractivity contribution in [3.8, 4) is 12.3 Å². The summed E-state index contributed by atoms with van der Waals surface area (Å²) in [5, 5.41) is 2.51. The molecule has 0 radical (unpaired) electrons. The fourth-order valence-corrected chi connectivity index (χ4v) is 0.729. The van der Waals surface area contributed by atoms with Crippen LogP contribution in [0.3, 0.4) is 0 Å². The predicted molar refractivity (Wildman–Crippen MR) is 50.8 cm³/mol. The largest absolute Gasteiger partial charge is 0.327 e. The highest BCUT2D eigenvalue weighted by atomic mass is 16.2. The van der Waals surface area contributed by atoms with Gasteiger partial charge in [-0.1, -0.05) is 5.92 Å². The molecule has 0 bridgehead atoms. The molecule has 1 aliphatic rings. The first-order valence-electron chi connectivity index (χ1n) is 3.71. The number of carbonyl (C=O) groups is 1. The summed E-state index contributed by atoms with van der Waals surface area (Å²) < 4.78 is 0. The fourth-order valence-electron chi connectivity index (χ4n) is 0.729. The Hall–Kier alpha value is -2.02. The zero-order valence-electron chi connectivity index (χ0n) is 6.97. The van der Waals surface area contributed by atoms with Crippen LogP contribution in [0, 0.1) is 12.3 Å². The molecule has 0 aromatic heterocycles. The molecule has 0 aromatic carbocycles. The molecule has 0 unspecified atom stereocenters. The van der Waals surface area contributed by atoms with Crippen molar-refractivity contribution in [2.75, 3.05) is 6.54 Å². The first-order chi connectivity index (χ1) is 6.34. The lowest BCUT2D eigenvalue weighted by Crippen LogP contribution is -2.35. The molecule has 2 amide bonds. The van der Waals surface area contributed by atoms with E-state index in [1.165, 1.54) is 11.2 Å². The molecule has 66 valence electrons. The van der Waals surface area contributed by atoms with Crippen LogP contribution in [0.25, 0.3) is 0 Å². The molecule has 0 saturated heterocycles. The second-order valence-electron chi connectivity index (χ2n) is 2.22. The van der Waals surface area contributed by atoms with Gasteiger partial charge in [0.25, 0.3) is 0 Å². The van der Waals surface area contributed by atoms with Gasteiger partial charge in [-0.15, -0.1) is 6.42 Å². The van der Waals surface area contributed by atoms with Gasteiger partial charge in [-0.3, -0.25) is 4.90 Å². The van der Waals surface area contributed by atoms with Gasteiger partial charge in [-0.25, -0.2) is 9.79 Å². The maximum Gasteiger partial charge on any atom is 0.327 e. The SMILES string of the molecule is C#CCNC(=O)N1C=CC=CN=C1. The molecule has 0 atom stereocenters. The van der Waals surface area contributed by atoms with E-state index in [4.69, 9.17) is 6.42 Å². The molecule has 13 heavy (non-hydrogen) atoms. The number of urea groups is 1. The third-order valence-electron chi connectivity index (χ3n) is 1.30. The number of aliphatic imine (C=N–C) groups is 1. The minimum absolute atomic E-state index is 0.213. The van der Waals surface area contributed by atoms with Crippen LogP contribution in [0.1, 0.15) is 0 Å². The normalized spacial score (nSPS) is 13.6. The van der Waals surface area contributed by atoms with Gasteiger partial charge in [0.1, 0.15) is 6.34 Å². The molecule has 0 fully saturated rings. The van der Waals surface area contributed by atoms with Crippen molar-refractivity contribution in [2.24, 2.45) is 4.99 Å². The molecule has 0 saturated carbocycles. The molecule has 1 heterocycles. The maximum atomic E-state index is 11.3. The van der Waals surface area contributed by atoms with Crippen LogP contribution >= 0.6 is 0 Å². The molecule has 4 heteroatoms. The Morgan fingerprint density at radius 3 is 3.23 bits per heavy atom. The van der Waals surface area contributed by atoms with Crippen molar-refractivity contribution in [3.05, 3.63) is 24.6 Å². The number of rotatable bonds is 1. The number of hydrogen-bond donors (Lipinski definition) is 1. The Bertz CT molecular complexity index is 293. The Balaban J connectivity index is 2.52. The third-order valence-corrected chi connectivity index (χ3v) is 1.30. The van der Waals surface area contributed by atoms with Crippen molar-refractivity contribution >= 4 is 12.4 Å². The molecular formula is C9H9N3O. The Morgan fingerprint density at radius 1 is 1.62 bits per heavy atom. The highest BCUT2D eigenvalue weighted by Gasteiger charge is 2.06. The van der Waals surface area contributed by atoms with Crippen LogP contribution in [0.5, 0.6) is 0 Å². The molecule has 1 N–H and O–H groups in total. The number of allylic oxidation sites excluding steroid dienone is 2. The molecule has 1 rings (SSSR count). The van der Waals surface area contributed by atoms with E-state index in [1.807, 2.05) is 0 Å². The monoisotopic (exact) mass is 175 g/mol. The van der Waals surface area contributed by atoms with Gasteiger partial charge in [0.15, 0.2) is 0 Å². The predicted octanol–water partition coefficient (Wildman–Crippen LogP) is 0.701. The van der Waals surface area contributed by atoms with Crippen molar-refractivity contribution in [3.63, 3.8) is 0 Å². The zero-order valence-corrected chi connectivity index (χ0v) is 6.97. The van der Waals surface area contributed by atoms with Crippen LogP contribution in [-0.2, 0) is 0 Å². The van der Waals surface area contributed by atoms with Gasteiger partial charge in [-0.05, 0) is 12.2 Å². The van der Waals surface area contributed by atoms with E-state index in [0.29, 0.717) is 0 Å². The first kappa shape index (κ1) is 9.07. The van der Waals surface area contributed by atoms with Gasteiger partial charge in [0.2, 0.25) is 0 Å². The van der Waals surface area contributed by atoms with Crippen LogP contribution in [0.15, 0.2) is 29.5 Å². The smallest absolute Gasteiger partial charge is 0.326 e. The average molecular weight is 175 g/mol. The quantitative estimate of drug-likeness (QED) is 0.586. The van der Waals surface area contributed by atoms with E-state index >= 15 is 0 Å². The standard InChI is InChI=1S/C9H9N3O/c1-2-5-11-9(13)12-7-4-3-6-10-8-12/h1,3-4,6-8H,5H2,(H,11,13). The molecule has 0 aliphatic carbocycles. The van der Waals surface area contributed by atoms with E-state index < -0.39 is 0 Å². The first-order valence-corrected chi connectivity index (χ1v) is 3.71. The summed E-state index contributed by atoms with van der Waals surface area (Å²) in [6.07, 6.45) is 13.0. The molecule has 4 nitrogen and oxygen atoms in total. The summed E-state index contributed by atoms with van der Waals surface area (Å²) in [6, 6.07) is -0.290. The van der Waals surface area contributed by atoms with E-state index in [-0.39, 0.29) is 12.6 Å². The zero-order chi connectivity index (χ0) is 9.52. The minimum atomic E-state index is -0.290. The van der Waals surface area contributed by atoms with Gasteiger partial charge in [-0.2, -0.15) is 0 Å². The number of terminal acetylenes is 1. The van der Waals surface area contributed by atoms with Crippen molar-refractivity contribution in [1.29, 1.82) is 0 Å². The number of carbonyl (C=O) groups excluding carboxylic acids is 1. The summed E-state index contributed by atoms with van der Waals surface area (Å²) in [4.78, 5) is 16.4. The van der Waals surface area contributed by atoms with E-state index in [2.05, 4.69) is 16.2 Å². The van der Waals surface area contributed by atoms with Crippen molar-refractivity contribution in [2.45, 2.75) is 0 Å². The maximum absolute atomic E-state index is 11.3. The second kappa shape index (κ2) is 4.78. The Kier molecular flexibility index (Phi) is 3.33. The molecule has 0 aromatic rings. The summed E-state index contributed by atoms with van der Waals surface area (Å²) in [6.45, 7) is 0.213. The fraction of sp³-hybridized carbons (Fsp3) is 0.111. The van der Waals surface area contributed by atoms with Crippen LogP contribution in [-0.4, -0.2) is 23.8 Å². The van der Waals surface area contributed by atoms with Gasteiger partial charge < -0.3 is 5.32 Å². The lowest BCUT2D eigenvalue weighted by molar-refractivity contribution is 0.232. The van der Waals surface area contributed by atoms with Gasteiger partial charge >= 0.3 is 6.03 Å². The van der Waals surface area contributed by atoms with Crippen LogP contribution in [0.2, 0.25) is 0 Å². The van der Waals surface area contributed by atoms with Crippen LogP contribution in [0.4, 0.5) is 4.79 Å². The average Bonchev–Trinajstić information content (AvgIpc) is 2.42. The molecular weight excluding hydrogens is 166 g/mol. The second-order valence-corrected chi connectivity index (χ2v) is 2.22. The van der Waals surface area contributed by atoms with Crippen molar-refractivity contribution < 1.29 is 4.79 Å². The number of amides is 2. The lowest BCUT2D eigenvalue weighted by Gasteiger charge is -2.10. The molecule has 0 spiro atoms. The topological polar surface area (TPSA) is 44.7 Å². The summed E-state index contributed by atoms with van der Waals surface area (Å²) >= 11 is 0. The highest BCUT2D eigenvalue weighted by Crippen LogP contribution is 1.93. The summed E-state index contributed by atoms with van der Waals surface area (Å²) in [7, 11) is 0. The van der Waals surface area contributed by atoms with E-state index in [9.17, 15) is 4.79 Å². The number of nitrogens with zero attached hydrogens (tertiary/aromatic N) is 2. The van der Waals surface area contributed by atoms with Gasteiger partial charge in [0.05, 0.1) is 6.54 Å². The summed E-state index contributed by atoms with van der Waals surface area (Å²) in [5.41, 5.74) is 0.